The number of thioether (sulfide) groups is 1. The van der Waals surface area contributed by atoms with Crippen LogP contribution in [0.1, 0.15) is 40.0 Å². The molecule has 0 amide bonds. The highest BCUT2D eigenvalue weighted by molar-refractivity contribution is 8.00. The van der Waals surface area contributed by atoms with Crippen LogP contribution < -0.4 is 5.73 Å². The summed E-state index contributed by atoms with van der Waals surface area (Å²) in [5, 5.41) is 0. The predicted molar refractivity (Wildman–Crippen MR) is 83.7 cm³/mol. The normalized spacial score (nSPS) is 40.7. The van der Waals surface area contributed by atoms with Crippen molar-refractivity contribution in [2.75, 3.05) is 31.9 Å². The summed E-state index contributed by atoms with van der Waals surface area (Å²) in [5.74, 6) is 1.26. The summed E-state index contributed by atoms with van der Waals surface area (Å²) in [6, 6.07) is 1.59. The van der Waals surface area contributed by atoms with Crippen LogP contribution in [0, 0.1) is 0 Å². The summed E-state index contributed by atoms with van der Waals surface area (Å²) in [4.78, 5) is 5.46. The van der Waals surface area contributed by atoms with Crippen LogP contribution in [-0.4, -0.2) is 64.1 Å². The molecule has 2 saturated heterocycles. The quantitative estimate of drug-likeness (QED) is 0.855. The summed E-state index contributed by atoms with van der Waals surface area (Å²) in [6.45, 7) is 11.6. The summed E-state index contributed by atoms with van der Waals surface area (Å²) >= 11 is 2.12. The first-order valence-electron chi connectivity index (χ1n) is 7.81. The van der Waals surface area contributed by atoms with Gasteiger partial charge in [0.2, 0.25) is 0 Å². The second-order valence-electron chi connectivity index (χ2n) is 7.41. The molecule has 2 atom stereocenters. The van der Waals surface area contributed by atoms with E-state index in [-0.39, 0.29) is 5.54 Å². The molecule has 0 aromatic heterocycles. The fourth-order valence-corrected chi connectivity index (χ4v) is 5.16. The van der Waals surface area contributed by atoms with E-state index in [1.807, 2.05) is 0 Å². The van der Waals surface area contributed by atoms with Gasteiger partial charge in [0.25, 0.3) is 0 Å². The lowest BCUT2D eigenvalue weighted by Crippen LogP contribution is -2.60. The third kappa shape index (κ3) is 2.69. The first-order chi connectivity index (χ1) is 8.96. The van der Waals surface area contributed by atoms with Crippen LogP contribution >= 0.6 is 11.8 Å². The van der Waals surface area contributed by atoms with Crippen LogP contribution in [0.25, 0.3) is 0 Å². The van der Waals surface area contributed by atoms with Gasteiger partial charge in [-0.3, -0.25) is 9.80 Å². The van der Waals surface area contributed by atoms with Gasteiger partial charge in [-0.1, -0.05) is 0 Å². The molecule has 2 aliphatic heterocycles. The van der Waals surface area contributed by atoms with E-state index in [9.17, 15) is 0 Å². The van der Waals surface area contributed by atoms with Gasteiger partial charge in [0.1, 0.15) is 0 Å². The lowest BCUT2D eigenvalue weighted by atomic mass is 9.92. The van der Waals surface area contributed by atoms with Gasteiger partial charge in [-0.15, -0.1) is 0 Å². The number of hydrogen-bond acceptors (Lipinski definition) is 4. The van der Waals surface area contributed by atoms with E-state index in [0.29, 0.717) is 10.8 Å². The van der Waals surface area contributed by atoms with Gasteiger partial charge in [-0.2, -0.15) is 11.8 Å². The Bertz CT molecular complexity index is 342. The smallest absolute Gasteiger partial charge is 0.0474 e. The highest BCUT2D eigenvalue weighted by atomic mass is 32.2. The van der Waals surface area contributed by atoms with Crippen molar-refractivity contribution in [1.82, 2.24) is 9.80 Å². The van der Waals surface area contributed by atoms with Crippen LogP contribution in [0.4, 0.5) is 0 Å². The van der Waals surface area contributed by atoms with Gasteiger partial charge in [-0.05, 0) is 40.0 Å². The molecule has 0 spiro atoms. The number of likely N-dealkylation sites (tertiary alicyclic amines) is 1. The average Bonchev–Trinajstić information content (AvgIpc) is 3.12. The zero-order valence-electron chi connectivity index (χ0n) is 12.7. The number of nitrogens with zero attached hydrogens (tertiary/aromatic N) is 2. The molecule has 19 heavy (non-hydrogen) atoms. The molecule has 0 aromatic rings. The largest absolute Gasteiger partial charge is 0.329 e. The summed E-state index contributed by atoms with van der Waals surface area (Å²) in [6.07, 6.45) is 4.08. The zero-order valence-corrected chi connectivity index (χ0v) is 13.5. The van der Waals surface area contributed by atoms with Crippen molar-refractivity contribution in [1.29, 1.82) is 0 Å². The Labute approximate surface area is 122 Å². The van der Waals surface area contributed by atoms with Crippen molar-refractivity contribution in [3.63, 3.8) is 0 Å². The minimum atomic E-state index is 0.250. The van der Waals surface area contributed by atoms with Gasteiger partial charge >= 0.3 is 0 Å². The number of rotatable bonds is 3. The fraction of sp³-hybridized carbons (Fsp3) is 1.00. The highest BCUT2D eigenvalue weighted by Crippen LogP contribution is 2.42. The first-order valence-corrected chi connectivity index (χ1v) is 8.79. The molecule has 0 radical (unpaired) electrons. The predicted octanol–water partition coefficient (Wildman–Crippen LogP) is 1.77. The van der Waals surface area contributed by atoms with Crippen LogP contribution in [0.5, 0.6) is 0 Å². The standard InChI is InChI=1S/C15H29N3S/c1-12-8-15(9-16,11-18(12)13-4-5-13)17-6-7-19-14(2,3)10-17/h12-13H,4-11,16H2,1-3H3. The van der Waals surface area contributed by atoms with Crippen LogP contribution in [0.15, 0.2) is 0 Å². The fourth-order valence-electron chi connectivity index (χ4n) is 4.05. The van der Waals surface area contributed by atoms with Crippen molar-refractivity contribution >= 4 is 11.8 Å². The molecule has 2 unspecified atom stereocenters. The maximum absolute atomic E-state index is 6.26. The van der Waals surface area contributed by atoms with E-state index < -0.39 is 0 Å². The van der Waals surface area contributed by atoms with Crippen molar-refractivity contribution < 1.29 is 0 Å². The maximum Gasteiger partial charge on any atom is 0.0474 e. The molecule has 3 fully saturated rings. The van der Waals surface area contributed by atoms with Gasteiger partial charge in [0.05, 0.1) is 0 Å². The summed E-state index contributed by atoms with van der Waals surface area (Å²) in [5.41, 5.74) is 6.51. The van der Waals surface area contributed by atoms with E-state index in [1.54, 1.807) is 0 Å². The molecular weight excluding hydrogens is 254 g/mol. The number of nitrogens with two attached hydrogens (primary N) is 1. The van der Waals surface area contributed by atoms with E-state index in [2.05, 4.69) is 42.3 Å². The van der Waals surface area contributed by atoms with E-state index >= 15 is 0 Å². The molecule has 4 heteroatoms. The van der Waals surface area contributed by atoms with Gasteiger partial charge < -0.3 is 5.73 Å². The Morgan fingerprint density at radius 1 is 1.26 bits per heavy atom. The topological polar surface area (TPSA) is 32.5 Å². The second kappa shape index (κ2) is 4.90. The van der Waals surface area contributed by atoms with Gasteiger partial charge in [0.15, 0.2) is 0 Å². The molecule has 1 saturated carbocycles. The van der Waals surface area contributed by atoms with Crippen LogP contribution in [0.3, 0.4) is 0 Å². The SMILES string of the molecule is CC1CC(CN)(N2CCSC(C)(C)C2)CN1C1CC1. The third-order valence-electron chi connectivity index (χ3n) is 5.21. The van der Waals surface area contributed by atoms with Gasteiger partial charge in [0, 0.05) is 54.3 Å². The molecule has 0 bridgehead atoms. The second-order valence-corrected chi connectivity index (χ2v) is 9.22. The van der Waals surface area contributed by atoms with E-state index in [1.165, 1.54) is 44.6 Å². The monoisotopic (exact) mass is 283 g/mol. The minimum Gasteiger partial charge on any atom is -0.329 e. The van der Waals surface area contributed by atoms with Crippen molar-refractivity contribution in [2.24, 2.45) is 5.73 Å². The third-order valence-corrected chi connectivity index (χ3v) is 6.51. The van der Waals surface area contributed by atoms with Crippen molar-refractivity contribution in [2.45, 2.75) is 62.4 Å². The Morgan fingerprint density at radius 3 is 2.58 bits per heavy atom. The molecule has 110 valence electrons. The molecular formula is C15H29N3S. The molecule has 2 N–H and O–H groups in total. The lowest BCUT2D eigenvalue weighted by molar-refractivity contribution is 0.0920. The Morgan fingerprint density at radius 2 is 2.00 bits per heavy atom. The first kappa shape index (κ1) is 14.2. The summed E-state index contributed by atoms with van der Waals surface area (Å²) in [7, 11) is 0. The van der Waals surface area contributed by atoms with Gasteiger partial charge in [-0.25, -0.2) is 0 Å². The van der Waals surface area contributed by atoms with Crippen LogP contribution in [-0.2, 0) is 0 Å². The Balaban J connectivity index is 1.76. The van der Waals surface area contributed by atoms with E-state index in [0.717, 1.165) is 12.6 Å². The van der Waals surface area contributed by atoms with Crippen molar-refractivity contribution in [3.8, 4) is 0 Å². The minimum absolute atomic E-state index is 0.250. The average molecular weight is 283 g/mol. The zero-order chi connectivity index (χ0) is 13.7. The maximum atomic E-state index is 6.26. The molecule has 3 aliphatic rings. The van der Waals surface area contributed by atoms with Crippen LogP contribution in [0.2, 0.25) is 0 Å². The lowest BCUT2D eigenvalue weighted by Gasteiger charge is -2.47. The number of hydrogen-bond donors (Lipinski definition) is 1. The molecule has 0 aromatic carbocycles. The molecule has 1 aliphatic carbocycles. The molecule has 3 nitrogen and oxygen atoms in total. The van der Waals surface area contributed by atoms with E-state index in [4.69, 9.17) is 5.73 Å². The molecule has 2 heterocycles. The highest BCUT2D eigenvalue weighted by Gasteiger charge is 2.50. The molecule has 3 rings (SSSR count). The van der Waals surface area contributed by atoms with Crippen molar-refractivity contribution in [3.05, 3.63) is 0 Å². The summed E-state index contributed by atoms with van der Waals surface area (Å²) < 4.78 is 0.386. The Hall–Kier alpha value is 0.230. The Kier molecular flexibility index (Phi) is 3.66.